The summed E-state index contributed by atoms with van der Waals surface area (Å²) in [5.41, 5.74) is 1.61. The number of fused-ring (bicyclic) bond motifs is 1. The van der Waals surface area contributed by atoms with Gasteiger partial charge in [-0.1, -0.05) is 37.5 Å². The number of sulfonamides is 1. The molecule has 1 aliphatic heterocycles. The summed E-state index contributed by atoms with van der Waals surface area (Å²) in [7, 11) is -1.87. The molecule has 0 bridgehead atoms. The van der Waals surface area contributed by atoms with Crippen LogP contribution in [0, 0.1) is 5.92 Å². The maximum absolute atomic E-state index is 13.0. The second kappa shape index (κ2) is 8.78. The number of hydrogen-bond acceptors (Lipinski definition) is 4. The SMILES string of the molecule is CN(C1CCCCC1)S(=O)(=O)c1ccc(NC(=O)C2COc3ccccc3C2)cc1. The summed E-state index contributed by atoms with van der Waals surface area (Å²) >= 11 is 0. The first-order chi connectivity index (χ1) is 14.4. The fourth-order valence-corrected chi connectivity index (χ4v) is 5.67. The molecule has 1 N–H and O–H groups in total. The van der Waals surface area contributed by atoms with Crippen LogP contribution in [0.15, 0.2) is 53.4 Å². The molecule has 2 aliphatic rings. The molecule has 1 heterocycles. The van der Waals surface area contributed by atoms with Crippen LogP contribution in [-0.2, 0) is 21.2 Å². The van der Waals surface area contributed by atoms with Crippen molar-refractivity contribution in [1.29, 1.82) is 0 Å². The number of benzene rings is 2. The molecule has 0 saturated heterocycles. The van der Waals surface area contributed by atoms with Gasteiger partial charge in [0, 0.05) is 18.8 Å². The van der Waals surface area contributed by atoms with Gasteiger partial charge < -0.3 is 10.1 Å². The van der Waals surface area contributed by atoms with Crippen LogP contribution in [0.25, 0.3) is 0 Å². The lowest BCUT2D eigenvalue weighted by atomic mass is 9.96. The smallest absolute Gasteiger partial charge is 0.243 e. The minimum atomic E-state index is -3.54. The Labute approximate surface area is 178 Å². The van der Waals surface area contributed by atoms with Crippen molar-refractivity contribution in [2.24, 2.45) is 5.92 Å². The number of amides is 1. The number of carbonyl (C=O) groups is 1. The Kier molecular flexibility index (Phi) is 6.11. The number of anilines is 1. The van der Waals surface area contributed by atoms with Crippen molar-refractivity contribution in [1.82, 2.24) is 4.31 Å². The van der Waals surface area contributed by atoms with E-state index in [-0.39, 0.29) is 22.8 Å². The van der Waals surface area contributed by atoms with Gasteiger partial charge >= 0.3 is 0 Å². The third-order valence-electron chi connectivity index (χ3n) is 6.14. The quantitative estimate of drug-likeness (QED) is 0.785. The van der Waals surface area contributed by atoms with Crippen molar-refractivity contribution < 1.29 is 17.9 Å². The summed E-state index contributed by atoms with van der Waals surface area (Å²) < 4.78 is 33.1. The number of nitrogens with one attached hydrogen (secondary N) is 1. The van der Waals surface area contributed by atoms with Crippen molar-refractivity contribution in [3.63, 3.8) is 0 Å². The summed E-state index contributed by atoms with van der Waals surface area (Å²) in [4.78, 5) is 12.9. The highest BCUT2D eigenvalue weighted by Gasteiger charge is 2.29. The number of rotatable bonds is 5. The normalized spacial score (nSPS) is 19.7. The van der Waals surface area contributed by atoms with Crippen LogP contribution in [0.2, 0.25) is 0 Å². The summed E-state index contributed by atoms with van der Waals surface area (Å²) in [6.07, 6.45) is 5.78. The third-order valence-corrected chi connectivity index (χ3v) is 8.06. The highest BCUT2D eigenvalue weighted by atomic mass is 32.2. The lowest BCUT2D eigenvalue weighted by molar-refractivity contribution is -0.121. The number of para-hydroxylation sites is 1. The second-order valence-electron chi connectivity index (χ2n) is 8.15. The molecule has 160 valence electrons. The third kappa shape index (κ3) is 4.37. The molecule has 1 unspecified atom stereocenters. The number of carbonyl (C=O) groups excluding carboxylic acids is 1. The molecular formula is C23H28N2O4S. The van der Waals surface area contributed by atoms with Gasteiger partial charge in [0.25, 0.3) is 0 Å². The Morgan fingerprint density at radius 1 is 1.03 bits per heavy atom. The van der Waals surface area contributed by atoms with Gasteiger partial charge in [-0.15, -0.1) is 0 Å². The van der Waals surface area contributed by atoms with Gasteiger partial charge in [0.05, 0.1) is 10.8 Å². The van der Waals surface area contributed by atoms with Crippen LogP contribution in [0.5, 0.6) is 5.75 Å². The minimum absolute atomic E-state index is 0.0670. The molecule has 1 saturated carbocycles. The first-order valence-corrected chi connectivity index (χ1v) is 12.0. The molecule has 1 aliphatic carbocycles. The van der Waals surface area contributed by atoms with E-state index in [4.69, 9.17) is 4.74 Å². The van der Waals surface area contributed by atoms with Crippen LogP contribution in [0.1, 0.15) is 37.7 Å². The maximum Gasteiger partial charge on any atom is 0.243 e. The average molecular weight is 429 g/mol. The Bertz CT molecular complexity index is 998. The Balaban J connectivity index is 1.40. The van der Waals surface area contributed by atoms with E-state index >= 15 is 0 Å². The molecule has 30 heavy (non-hydrogen) atoms. The van der Waals surface area contributed by atoms with Gasteiger partial charge in [0.1, 0.15) is 12.4 Å². The van der Waals surface area contributed by atoms with Crippen LogP contribution in [-0.4, -0.2) is 38.3 Å². The van der Waals surface area contributed by atoms with Crippen molar-refractivity contribution >= 4 is 21.6 Å². The molecule has 2 aromatic carbocycles. The number of hydrogen-bond donors (Lipinski definition) is 1. The van der Waals surface area contributed by atoms with Crippen molar-refractivity contribution in [3.05, 3.63) is 54.1 Å². The molecule has 1 atom stereocenters. The van der Waals surface area contributed by atoms with E-state index in [1.807, 2.05) is 24.3 Å². The molecule has 0 radical (unpaired) electrons. The monoisotopic (exact) mass is 428 g/mol. The van der Waals surface area contributed by atoms with Gasteiger partial charge in [-0.3, -0.25) is 4.79 Å². The molecule has 6 nitrogen and oxygen atoms in total. The largest absolute Gasteiger partial charge is 0.492 e. The highest BCUT2D eigenvalue weighted by Crippen LogP contribution is 2.29. The van der Waals surface area contributed by atoms with E-state index in [0.717, 1.165) is 37.0 Å². The van der Waals surface area contributed by atoms with Gasteiger partial charge in [-0.25, -0.2) is 8.42 Å². The summed E-state index contributed by atoms with van der Waals surface area (Å²) in [5.74, 6) is 0.429. The second-order valence-corrected chi connectivity index (χ2v) is 10.1. The molecule has 1 fully saturated rings. The number of ether oxygens (including phenoxy) is 1. The van der Waals surface area contributed by atoms with Crippen molar-refractivity contribution in [2.45, 2.75) is 49.5 Å². The molecular weight excluding hydrogens is 400 g/mol. The molecule has 0 spiro atoms. The lowest BCUT2D eigenvalue weighted by Crippen LogP contribution is -2.38. The van der Waals surface area contributed by atoms with Gasteiger partial charge in [0.15, 0.2) is 0 Å². The van der Waals surface area contributed by atoms with E-state index in [1.165, 1.54) is 10.7 Å². The topological polar surface area (TPSA) is 75.7 Å². The Morgan fingerprint density at radius 3 is 2.47 bits per heavy atom. The lowest BCUT2D eigenvalue weighted by Gasteiger charge is -2.30. The predicted molar refractivity (Wildman–Crippen MR) is 116 cm³/mol. The average Bonchev–Trinajstić information content (AvgIpc) is 2.79. The summed E-state index contributed by atoms with van der Waals surface area (Å²) in [6, 6.07) is 14.2. The molecule has 1 amide bonds. The zero-order valence-corrected chi connectivity index (χ0v) is 18.0. The Hall–Kier alpha value is -2.38. The first-order valence-electron chi connectivity index (χ1n) is 10.5. The molecule has 7 heteroatoms. The predicted octanol–water partition coefficient (Wildman–Crippen LogP) is 3.83. The van der Waals surface area contributed by atoms with E-state index < -0.39 is 10.0 Å². The van der Waals surface area contributed by atoms with Gasteiger partial charge in [0.2, 0.25) is 15.9 Å². The van der Waals surface area contributed by atoms with Crippen LogP contribution in [0.4, 0.5) is 5.69 Å². The van der Waals surface area contributed by atoms with Crippen molar-refractivity contribution in [3.8, 4) is 5.75 Å². The fourth-order valence-electron chi connectivity index (χ4n) is 4.26. The van der Waals surface area contributed by atoms with E-state index in [2.05, 4.69) is 5.32 Å². The maximum atomic E-state index is 13.0. The molecule has 2 aromatic rings. The van der Waals surface area contributed by atoms with E-state index in [0.29, 0.717) is 18.7 Å². The van der Waals surface area contributed by atoms with Crippen LogP contribution >= 0.6 is 0 Å². The molecule has 0 aromatic heterocycles. The highest BCUT2D eigenvalue weighted by molar-refractivity contribution is 7.89. The number of nitrogens with zero attached hydrogens (tertiary/aromatic N) is 1. The zero-order chi connectivity index (χ0) is 21.1. The molecule has 4 rings (SSSR count). The van der Waals surface area contributed by atoms with E-state index in [9.17, 15) is 13.2 Å². The van der Waals surface area contributed by atoms with E-state index in [1.54, 1.807) is 31.3 Å². The van der Waals surface area contributed by atoms with Gasteiger partial charge in [-0.05, 0) is 55.2 Å². The first kappa shape index (κ1) is 20.9. The van der Waals surface area contributed by atoms with Crippen LogP contribution < -0.4 is 10.1 Å². The van der Waals surface area contributed by atoms with Crippen molar-refractivity contribution in [2.75, 3.05) is 19.0 Å². The standard InChI is InChI=1S/C23H28N2O4S/c1-25(20-8-3-2-4-9-20)30(27,28)21-13-11-19(12-14-21)24-23(26)18-15-17-7-5-6-10-22(17)29-16-18/h5-7,10-14,18,20H,2-4,8-9,15-16H2,1H3,(H,24,26). The Morgan fingerprint density at radius 2 is 1.73 bits per heavy atom. The fraction of sp³-hybridized carbons (Fsp3) is 0.435. The summed E-state index contributed by atoms with van der Waals surface area (Å²) in [5, 5.41) is 2.89. The summed E-state index contributed by atoms with van der Waals surface area (Å²) in [6.45, 7) is 0.335. The van der Waals surface area contributed by atoms with Gasteiger partial charge in [-0.2, -0.15) is 4.31 Å². The minimum Gasteiger partial charge on any atom is -0.492 e. The zero-order valence-electron chi connectivity index (χ0n) is 17.2. The van der Waals surface area contributed by atoms with Crippen LogP contribution in [0.3, 0.4) is 0 Å².